The van der Waals surface area contributed by atoms with Crippen molar-refractivity contribution >= 4 is 11.9 Å². The quantitative estimate of drug-likeness (QED) is 0.735. The average molecular weight is 284 g/mol. The maximum absolute atomic E-state index is 12.5. The normalized spacial score (nSPS) is 28.0. The van der Waals surface area contributed by atoms with Gasteiger partial charge in [0, 0.05) is 5.54 Å². The van der Waals surface area contributed by atoms with Gasteiger partial charge >= 0.3 is 5.97 Å². The summed E-state index contributed by atoms with van der Waals surface area (Å²) in [5.41, 5.74) is 3.36. The van der Waals surface area contributed by atoms with Crippen LogP contribution in [0.4, 0.5) is 0 Å². The number of carboxylic acids is 1. The zero-order valence-electron chi connectivity index (χ0n) is 13.2. The van der Waals surface area contributed by atoms with E-state index >= 15 is 0 Å². The van der Waals surface area contributed by atoms with E-state index in [9.17, 15) is 14.7 Å². The molecule has 1 rings (SSSR count). The molecule has 0 aromatic heterocycles. The van der Waals surface area contributed by atoms with Crippen molar-refractivity contribution in [3.63, 3.8) is 0 Å². The molecule has 0 atom stereocenters. The first-order valence-corrected chi connectivity index (χ1v) is 7.27. The van der Waals surface area contributed by atoms with Crippen molar-refractivity contribution in [2.45, 2.75) is 71.4 Å². The minimum Gasteiger partial charge on any atom is -0.480 e. The molecule has 1 fully saturated rings. The monoisotopic (exact) mass is 284 g/mol. The highest BCUT2D eigenvalue weighted by atomic mass is 16.4. The molecule has 0 heterocycles. The van der Waals surface area contributed by atoms with Crippen LogP contribution in [0.5, 0.6) is 0 Å². The fraction of sp³-hybridized carbons (Fsp3) is 0.867. The van der Waals surface area contributed by atoms with E-state index in [0.29, 0.717) is 18.8 Å². The second kappa shape index (κ2) is 5.35. The van der Waals surface area contributed by atoms with E-state index in [-0.39, 0.29) is 5.91 Å². The molecule has 0 aromatic carbocycles. The maximum Gasteiger partial charge on any atom is 0.329 e. The Morgan fingerprint density at radius 3 is 2.00 bits per heavy atom. The van der Waals surface area contributed by atoms with Gasteiger partial charge in [-0.15, -0.1) is 0 Å². The molecule has 0 saturated heterocycles. The first-order chi connectivity index (χ1) is 8.92. The van der Waals surface area contributed by atoms with Crippen molar-refractivity contribution in [1.82, 2.24) is 5.32 Å². The molecule has 116 valence electrons. The van der Waals surface area contributed by atoms with Gasteiger partial charge in [-0.2, -0.15) is 0 Å². The van der Waals surface area contributed by atoms with Gasteiger partial charge in [0.2, 0.25) is 5.91 Å². The number of carboxylic acid groups (broad SMARTS) is 1. The van der Waals surface area contributed by atoms with Crippen molar-refractivity contribution in [2.24, 2.45) is 17.1 Å². The number of nitrogens with one attached hydrogen (secondary N) is 1. The number of hydrogen-bond acceptors (Lipinski definition) is 3. The first-order valence-electron chi connectivity index (χ1n) is 7.27. The van der Waals surface area contributed by atoms with Crippen molar-refractivity contribution in [3.8, 4) is 0 Å². The lowest BCUT2D eigenvalue weighted by Crippen LogP contribution is -2.63. The standard InChI is InChI=1S/C15H28N2O3/c1-10-6-8-15(9-7-10,12(19)20)17-11(18)13(2,3)14(4,5)16/h10H,6-9,16H2,1-5H3,(H,17,18)(H,19,20). The molecule has 1 saturated carbocycles. The SMILES string of the molecule is CC1CCC(NC(=O)C(C)(C)C(C)(C)N)(C(=O)O)CC1. The minimum absolute atomic E-state index is 0.290. The van der Waals surface area contributed by atoms with Gasteiger partial charge in [-0.3, -0.25) is 4.79 Å². The van der Waals surface area contributed by atoms with Gasteiger partial charge in [0.05, 0.1) is 5.41 Å². The van der Waals surface area contributed by atoms with E-state index in [1.165, 1.54) is 0 Å². The van der Waals surface area contributed by atoms with Gasteiger partial charge in [-0.1, -0.05) is 6.92 Å². The summed E-state index contributed by atoms with van der Waals surface area (Å²) in [6.07, 6.45) is 2.60. The van der Waals surface area contributed by atoms with Crippen molar-refractivity contribution in [3.05, 3.63) is 0 Å². The van der Waals surface area contributed by atoms with Crippen LogP contribution in [0.15, 0.2) is 0 Å². The Balaban J connectivity index is 2.93. The highest BCUT2D eigenvalue weighted by molar-refractivity contribution is 5.90. The van der Waals surface area contributed by atoms with E-state index in [1.54, 1.807) is 27.7 Å². The van der Waals surface area contributed by atoms with Gasteiger partial charge in [-0.05, 0) is 59.3 Å². The van der Waals surface area contributed by atoms with E-state index < -0.39 is 22.5 Å². The van der Waals surface area contributed by atoms with Crippen LogP contribution in [-0.4, -0.2) is 28.1 Å². The molecule has 0 aromatic rings. The van der Waals surface area contributed by atoms with Gasteiger partial charge in [0.25, 0.3) is 0 Å². The predicted molar refractivity (Wildman–Crippen MR) is 78.2 cm³/mol. The highest BCUT2D eigenvalue weighted by Crippen LogP contribution is 2.35. The lowest BCUT2D eigenvalue weighted by molar-refractivity contribution is -0.152. The number of carbonyl (C=O) groups is 2. The van der Waals surface area contributed by atoms with E-state index in [4.69, 9.17) is 5.73 Å². The Labute approximate surface area is 121 Å². The lowest BCUT2D eigenvalue weighted by atomic mass is 9.72. The molecule has 5 nitrogen and oxygen atoms in total. The largest absolute Gasteiger partial charge is 0.480 e. The molecule has 1 aliphatic rings. The molecule has 4 N–H and O–H groups in total. The van der Waals surface area contributed by atoms with Crippen LogP contribution < -0.4 is 11.1 Å². The fourth-order valence-corrected chi connectivity index (χ4v) is 2.31. The summed E-state index contributed by atoms with van der Waals surface area (Å²) in [5, 5.41) is 12.3. The summed E-state index contributed by atoms with van der Waals surface area (Å²) in [4.78, 5) is 24.2. The number of amides is 1. The Kier molecular flexibility index (Phi) is 4.54. The predicted octanol–water partition coefficient (Wildman–Crippen LogP) is 1.90. The summed E-state index contributed by atoms with van der Waals surface area (Å²) in [6, 6.07) is 0. The molecule has 20 heavy (non-hydrogen) atoms. The van der Waals surface area contributed by atoms with Gasteiger partial charge in [0.1, 0.15) is 5.54 Å². The summed E-state index contributed by atoms with van der Waals surface area (Å²) in [7, 11) is 0. The zero-order chi connectivity index (χ0) is 15.8. The van der Waals surface area contributed by atoms with Crippen LogP contribution in [0.1, 0.15) is 60.3 Å². The third-order valence-corrected chi connectivity index (χ3v) is 5.07. The Bertz CT molecular complexity index is 388. The minimum atomic E-state index is -1.13. The molecule has 0 bridgehead atoms. The topological polar surface area (TPSA) is 92.4 Å². The van der Waals surface area contributed by atoms with Gasteiger partial charge in [0.15, 0.2) is 0 Å². The molecule has 0 aliphatic heterocycles. The number of hydrogen-bond donors (Lipinski definition) is 3. The summed E-state index contributed by atoms with van der Waals surface area (Å²) in [5.74, 6) is -0.719. The Morgan fingerprint density at radius 2 is 1.65 bits per heavy atom. The Morgan fingerprint density at radius 1 is 1.20 bits per heavy atom. The summed E-state index contributed by atoms with van der Waals surface area (Å²) >= 11 is 0. The number of nitrogens with two attached hydrogens (primary N) is 1. The first kappa shape index (κ1) is 17.0. The van der Waals surface area contributed by atoms with Crippen LogP contribution in [0, 0.1) is 11.3 Å². The van der Waals surface area contributed by atoms with Crippen LogP contribution in [0.2, 0.25) is 0 Å². The molecular formula is C15H28N2O3. The molecule has 5 heteroatoms. The second-order valence-corrected chi connectivity index (χ2v) is 7.37. The van der Waals surface area contributed by atoms with Gasteiger partial charge < -0.3 is 16.2 Å². The zero-order valence-corrected chi connectivity index (χ0v) is 13.2. The summed E-state index contributed by atoms with van der Waals surface area (Å²) < 4.78 is 0. The highest BCUT2D eigenvalue weighted by Gasteiger charge is 2.47. The van der Waals surface area contributed by atoms with E-state index in [2.05, 4.69) is 12.2 Å². The van der Waals surface area contributed by atoms with Crippen LogP contribution in [0.25, 0.3) is 0 Å². The van der Waals surface area contributed by atoms with Crippen LogP contribution in [-0.2, 0) is 9.59 Å². The van der Waals surface area contributed by atoms with Gasteiger partial charge in [-0.25, -0.2) is 4.79 Å². The third kappa shape index (κ3) is 3.14. The Hall–Kier alpha value is -1.10. The van der Waals surface area contributed by atoms with Crippen LogP contribution >= 0.6 is 0 Å². The number of aliphatic carboxylic acids is 1. The fourth-order valence-electron chi connectivity index (χ4n) is 2.31. The van der Waals surface area contributed by atoms with Crippen molar-refractivity contribution in [1.29, 1.82) is 0 Å². The average Bonchev–Trinajstić information content (AvgIpc) is 2.30. The molecule has 1 amide bonds. The maximum atomic E-state index is 12.5. The smallest absolute Gasteiger partial charge is 0.329 e. The van der Waals surface area contributed by atoms with E-state index in [0.717, 1.165) is 12.8 Å². The third-order valence-electron chi connectivity index (χ3n) is 5.07. The number of carbonyl (C=O) groups excluding carboxylic acids is 1. The van der Waals surface area contributed by atoms with Crippen molar-refractivity contribution in [2.75, 3.05) is 0 Å². The summed E-state index contributed by atoms with van der Waals surface area (Å²) in [6.45, 7) is 9.18. The molecule has 1 aliphatic carbocycles. The molecule has 0 radical (unpaired) electrons. The second-order valence-electron chi connectivity index (χ2n) is 7.37. The number of rotatable bonds is 4. The van der Waals surface area contributed by atoms with E-state index in [1.807, 2.05) is 0 Å². The molecular weight excluding hydrogens is 256 g/mol. The van der Waals surface area contributed by atoms with Crippen molar-refractivity contribution < 1.29 is 14.7 Å². The molecule has 0 spiro atoms. The van der Waals surface area contributed by atoms with Crippen LogP contribution in [0.3, 0.4) is 0 Å². The lowest BCUT2D eigenvalue weighted by Gasteiger charge is -2.42. The molecule has 0 unspecified atom stereocenters.